The third-order valence-corrected chi connectivity index (χ3v) is 6.78. The van der Waals surface area contributed by atoms with Gasteiger partial charge in [-0.3, -0.25) is 9.52 Å². The molecule has 3 aromatic rings. The molecule has 13 heteroatoms. The average molecular weight is 533 g/mol. The summed E-state index contributed by atoms with van der Waals surface area (Å²) in [5.74, 6) is -1.09. The fourth-order valence-corrected chi connectivity index (χ4v) is 4.93. The van der Waals surface area contributed by atoms with E-state index in [2.05, 4.69) is 15.0 Å². The quantitative estimate of drug-likeness (QED) is 0.318. The molecule has 1 amide bonds. The largest absolute Gasteiger partial charge is 0.455 e. The Labute approximate surface area is 203 Å². The minimum Gasteiger partial charge on any atom is -0.455 e. The number of anilines is 1. The van der Waals surface area contributed by atoms with Gasteiger partial charge in [0.05, 0.1) is 17.1 Å². The number of primary amides is 1. The summed E-state index contributed by atoms with van der Waals surface area (Å²) >= 11 is 13.5. The van der Waals surface area contributed by atoms with Crippen molar-refractivity contribution in [3.8, 4) is 11.5 Å². The van der Waals surface area contributed by atoms with E-state index in [4.69, 9.17) is 33.7 Å². The van der Waals surface area contributed by atoms with E-state index >= 15 is 0 Å². The maximum Gasteiger partial charge on any atom is 0.266 e. The first-order chi connectivity index (χ1) is 15.7. The lowest BCUT2D eigenvalue weighted by molar-refractivity contribution is -0.117. The molecule has 0 fully saturated rings. The van der Waals surface area contributed by atoms with Crippen molar-refractivity contribution < 1.29 is 22.3 Å². The highest BCUT2D eigenvalue weighted by atomic mass is 35.5. The number of carbonyl (C=O) groups excluding carboxylic acids is 1. The second-order valence-corrected chi connectivity index (χ2v) is 10.0. The first-order valence-electron chi connectivity index (χ1n) is 9.51. The van der Waals surface area contributed by atoms with Crippen molar-refractivity contribution in [2.45, 2.75) is 17.7 Å². The summed E-state index contributed by atoms with van der Waals surface area (Å²) in [6, 6.07) is 6.80. The van der Waals surface area contributed by atoms with Crippen LogP contribution in [0.4, 0.5) is 10.2 Å². The predicted molar refractivity (Wildman–Crippen MR) is 126 cm³/mol. The summed E-state index contributed by atoms with van der Waals surface area (Å²) in [5, 5.41) is 4.76. The molecule has 2 aromatic carbocycles. The number of nitrogens with one attached hydrogen (secondary N) is 2. The van der Waals surface area contributed by atoms with Gasteiger partial charge in [0.2, 0.25) is 5.91 Å². The van der Waals surface area contributed by atoms with Crippen molar-refractivity contribution in [2.75, 3.05) is 17.8 Å². The Morgan fingerprint density at radius 3 is 2.70 bits per heavy atom. The molecule has 0 aliphatic rings. The van der Waals surface area contributed by atoms with Crippen molar-refractivity contribution in [3.05, 3.63) is 62.6 Å². The summed E-state index contributed by atoms with van der Waals surface area (Å²) in [7, 11) is -4.24. The van der Waals surface area contributed by atoms with E-state index in [1.165, 1.54) is 22.2 Å². The van der Waals surface area contributed by atoms with Crippen LogP contribution in [0.3, 0.4) is 0 Å². The van der Waals surface area contributed by atoms with Crippen LogP contribution in [0.5, 0.6) is 11.5 Å². The number of nitrogens with two attached hydrogens (primary N) is 1. The zero-order chi connectivity index (χ0) is 24.0. The van der Waals surface area contributed by atoms with Gasteiger partial charge in [-0.05, 0) is 49.2 Å². The van der Waals surface area contributed by atoms with Crippen LogP contribution in [0.1, 0.15) is 12.0 Å². The molecule has 1 heterocycles. The number of ether oxygens (including phenoxy) is 1. The number of rotatable bonds is 11. The number of benzene rings is 2. The van der Waals surface area contributed by atoms with Crippen LogP contribution < -0.4 is 20.5 Å². The molecule has 0 saturated heterocycles. The first-order valence-corrected chi connectivity index (χ1v) is 12.7. The number of hydrogen-bond acceptors (Lipinski definition) is 7. The fourth-order valence-electron chi connectivity index (χ4n) is 2.83. The van der Waals surface area contributed by atoms with Crippen LogP contribution in [0.15, 0.2) is 46.1 Å². The highest BCUT2D eigenvalue weighted by molar-refractivity contribution is 7.92. The molecule has 1 aromatic heterocycles. The summed E-state index contributed by atoms with van der Waals surface area (Å²) < 4.78 is 47.7. The average Bonchev–Trinajstić information content (AvgIpc) is 3.23. The minimum absolute atomic E-state index is 0.0581. The molecule has 0 aliphatic heterocycles. The van der Waals surface area contributed by atoms with E-state index in [0.717, 1.165) is 17.7 Å². The Balaban J connectivity index is 1.78. The second-order valence-electron chi connectivity index (χ2n) is 6.79. The normalized spacial score (nSPS) is 11.4. The Bertz CT molecular complexity index is 1240. The number of halogens is 3. The topological polar surface area (TPSA) is 123 Å². The van der Waals surface area contributed by atoms with Gasteiger partial charge in [0.25, 0.3) is 10.0 Å². The molecule has 176 valence electrons. The zero-order valence-corrected chi connectivity index (χ0v) is 20.1. The van der Waals surface area contributed by atoms with Gasteiger partial charge >= 0.3 is 0 Å². The van der Waals surface area contributed by atoms with Crippen molar-refractivity contribution >= 4 is 56.3 Å². The molecule has 0 bridgehead atoms. The van der Waals surface area contributed by atoms with Gasteiger partial charge in [-0.15, -0.1) is 11.3 Å². The van der Waals surface area contributed by atoms with Crippen molar-refractivity contribution in [1.82, 2.24) is 10.3 Å². The molecular weight excluding hydrogens is 514 g/mol. The number of sulfonamides is 1. The van der Waals surface area contributed by atoms with Crippen LogP contribution >= 0.6 is 34.5 Å². The van der Waals surface area contributed by atoms with Gasteiger partial charge in [0.15, 0.2) is 5.82 Å². The Morgan fingerprint density at radius 1 is 1.21 bits per heavy atom. The number of aryl methyl sites for hydroxylation is 1. The number of thiazole rings is 1. The third-order valence-electron chi connectivity index (χ3n) is 4.29. The summed E-state index contributed by atoms with van der Waals surface area (Å²) in [5.41, 5.74) is 7.25. The third kappa shape index (κ3) is 7.02. The summed E-state index contributed by atoms with van der Waals surface area (Å²) in [6.07, 6.45) is 1.18. The van der Waals surface area contributed by atoms with Crippen molar-refractivity contribution in [3.63, 3.8) is 0 Å². The van der Waals surface area contributed by atoms with Crippen LogP contribution in [-0.2, 0) is 21.2 Å². The second kappa shape index (κ2) is 11.1. The summed E-state index contributed by atoms with van der Waals surface area (Å²) in [4.78, 5) is 14.0. The molecule has 0 atom stereocenters. The predicted octanol–water partition coefficient (Wildman–Crippen LogP) is 4.19. The summed E-state index contributed by atoms with van der Waals surface area (Å²) in [6.45, 7) is 0.600. The molecule has 8 nitrogen and oxygen atoms in total. The van der Waals surface area contributed by atoms with Gasteiger partial charge in [0.1, 0.15) is 22.2 Å². The number of hydrogen-bond donors (Lipinski definition) is 3. The molecule has 0 aliphatic carbocycles. The molecule has 33 heavy (non-hydrogen) atoms. The van der Waals surface area contributed by atoms with E-state index in [0.29, 0.717) is 30.2 Å². The monoisotopic (exact) mass is 532 g/mol. The lowest BCUT2D eigenvalue weighted by Gasteiger charge is -2.14. The smallest absolute Gasteiger partial charge is 0.266 e. The van der Waals surface area contributed by atoms with E-state index in [1.54, 1.807) is 18.2 Å². The molecule has 0 spiro atoms. The lowest BCUT2D eigenvalue weighted by atomic mass is 10.1. The van der Waals surface area contributed by atoms with Crippen LogP contribution in [0, 0.1) is 5.82 Å². The van der Waals surface area contributed by atoms with E-state index < -0.39 is 26.6 Å². The fraction of sp³-hybridized carbons (Fsp3) is 0.200. The van der Waals surface area contributed by atoms with Crippen LogP contribution in [0.2, 0.25) is 10.0 Å². The van der Waals surface area contributed by atoms with E-state index in [-0.39, 0.29) is 23.1 Å². The van der Waals surface area contributed by atoms with Gasteiger partial charge in [-0.2, -0.15) is 0 Å². The van der Waals surface area contributed by atoms with Gasteiger partial charge < -0.3 is 15.8 Å². The standard InChI is InChI=1S/C20H19Cl2FN4O4S2/c21-13-3-4-16(12(6-13)2-1-5-25-9-19(24)28)31-17-8-15(23)18(7-14(17)22)33(29,30)27-20-10-32-11-26-20/h3-4,6-8,10-11,25,27H,1-2,5,9H2,(H2,24,28). The molecule has 0 saturated carbocycles. The first kappa shape index (κ1) is 25.2. The highest BCUT2D eigenvalue weighted by Crippen LogP contribution is 2.36. The van der Waals surface area contributed by atoms with E-state index in [9.17, 15) is 17.6 Å². The van der Waals surface area contributed by atoms with Crippen LogP contribution in [-0.4, -0.2) is 32.4 Å². The Kier molecular flexibility index (Phi) is 8.49. The number of aromatic nitrogens is 1. The molecule has 0 radical (unpaired) electrons. The van der Waals surface area contributed by atoms with Gasteiger partial charge in [0, 0.05) is 16.5 Å². The van der Waals surface area contributed by atoms with Crippen LogP contribution in [0.25, 0.3) is 0 Å². The number of carbonyl (C=O) groups is 1. The van der Waals surface area contributed by atoms with Crippen molar-refractivity contribution in [1.29, 1.82) is 0 Å². The number of nitrogens with zero attached hydrogens (tertiary/aromatic N) is 1. The van der Waals surface area contributed by atoms with Gasteiger partial charge in [-0.1, -0.05) is 23.2 Å². The maximum atomic E-state index is 14.7. The van der Waals surface area contributed by atoms with Crippen molar-refractivity contribution in [2.24, 2.45) is 5.73 Å². The minimum atomic E-state index is -4.24. The van der Waals surface area contributed by atoms with E-state index in [1.807, 2.05) is 0 Å². The number of amides is 1. The highest BCUT2D eigenvalue weighted by Gasteiger charge is 2.23. The SMILES string of the molecule is NC(=O)CNCCCc1cc(Cl)ccc1Oc1cc(F)c(S(=O)(=O)Nc2cscn2)cc1Cl. The maximum absolute atomic E-state index is 14.7. The molecule has 4 N–H and O–H groups in total. The molecule has 0 unspecified atom stereocenters. The zero-order valence-electron chi connectivity index (χ0n) is 17.0. The molecular formula is C20H19Cl2FN4O4S2. The Morgan fingerprint density at radius 2 is 2.00 bits per heavy atom. The Hall–Kier alpha value is -2.44. The molecule has 3 rings (SSSR count). The van der Waals surface area contributed by atoms with Gasteiger partial charge in [-0.25, -0.2) is 17.8 Å². The lowest BCUT2D eigenvalue weighted by Crippen LogP contribution is -2.29.